The summed E-state index contributed by atoms with van der Waals surface area (Å²) < 4.78 is 10.6. The zero-order chi connectivity index (χ0) is 14.5. The summed E-state index contributed by atoms with van der Waals surface area (Å²) >= 11 is 0. The first-order valence-electron chi connectivity index (χ1n) is 7.04. The lowest BCUT2D eigenvalue weighted by molar-refractivity contribution is 0.00904. The molecule has 1 amide bonds. The topological polar surface area (TPSA) is 64.8 Å². The third-order valence-corrected chi connectivity index (χ3v) is 3.46. The standard InChI is InChI=1S/C14H28N2O3/c1-14(2,3)19-13(17)16-7-5-6-11(9-16)12(8-15)10-18-4/h11-12H,5-10,15H2,1-4H3. The summed E-state index contributed by atoms with van der Waals surface area (Å²) in [6.07, 6.45) is 1.89. The second-order valence-electron chi connectivity index (χ2n) is 6.28. The lowest BCUT2D eigenvalue weighted by Crippen LogP contribution is -2.46. The number of ether oxygens (including phenoxy) is 2. The largest absolute Gasteiger partial charge is 0.444 e. The fourth-order valence-corrected chi connectivity index (χ4v) is 2.50. The SMILES string of the molecule is COCC(CN)C1CCCN(C(=O)OC(C)(C)C)C1. The van der Waals surface area contributed by atoms with Gasteiger partial charge in [0.2, 0.25) is 0 Å². The van der Waals surface area contributed by atoms with Crippen LogP contribution in [0, 0.1) is 11.8 Å². The van der Waals surface area contributed by atoms with Crippen LogP contribution in [0.5, 0.6) is 0 Å². The first-order chi connectivity index (χ1) is 8.87. The molecule has 0 saturated carbocycles. The lowest BCUT2D eigenvalue weighted by Gasteiger charge is -2.37. The highest BCUT2D eigenvalue weighted by Gasteiger charge is 2.31. The Balaban J connectivity index is 2.56. The Kier molecular flexibility index (Phi) is 6.07. The van der Waals surface area contributed by atoms with Crippen LogP contribution in [0.3, 0.4) is 0 Å². The fraction of sp³-hybridized carbons (Fsp3) is 0.929. The average Bonchev–Trinajstić information content (AvgIpc) is 2.34. The van der Waals surface area contributed by atoms with E-state index >= 15 is 0 Å². The molecule has 0 spiro atoms. The Labute approximate surface area is 116 Å². The van der Waals surface area contributed by atoms with Gasteiger partial charge in [0.15, 0.2) is 0 Å². The summed E-state index contributed by atoms with van der Waals surface area (Å²) in [5, 5.41) is 0. The Morgan fingerprint density at radius 2 is 2.16 bits per heavy atom. The maximum absolute atomic E-state index is 12.1. The highest BCUT2D eigenvalue weighted by atomic mass is 16.6. The number of hydrogen-bond acceptors (Lipinski definition) is 4. The molecule has 2 N–H and O–H groups in total. The minimum absolute atomic E-state index is 0.217. The van der Waals surface area contributed by atoms with Crippen LogP contribution in [0.15, 0.2) is 0 Å². The van der Waals surface area contributed by atoms with E-state index in [-0.39, 0.29) is 6.09 Å². The van der Waals surface area contributed by atoms with Crippen LogP contribution >= 0.6 is 0 Å². The Bertz CT molecular complexity index is 289. The van der Waals surface area contributed by atoms with Crippen LogP contribution in [-0.4, -0.2) is 49.9 Å². The molecule has 1 heterocycles. The predicted octanol–water partition coefficient (Wildman–Crippen LogP) is 1.85. The highest BCUT2D eigenvalue weighted by molar-refractivity contribution is 5.68. The van der Waals surface area contributed by atoms with Gasteiger partial charge in [-0.3, -0.25) is 0 Å². The minimum atomic E-state index is -0.441. The van der Waals surface area contributed by atoms with Crippen molar-refractivity contribution in [3.8, 4) is 0 Å². The monoisotopic (exact) mass is 272 g/mol. The molecule has 1 saturated heterocycles. The van der Waals surface area contributed by atoms with Gasteiger partial charge in [0.25, 0.3) is 0 Å². The molecular formula is C14H28N2O3. The molecule has 1 aliphatic rings. The highest BCUT2D eigenvalue weighted by Crippen LogP contribution is 2.25. The van der Waals surface area contributed by atoms with Crippen molar-refractivity contribution in [2.75, 3.05) is 33.4 Å². The van der Waals surface area contributed by atoms with Crippen molar-refractivity contribution in [1.82, 2.24) is 4.90 Å². The minimum Gasteiger partial charge on any atom is -0.444 e. The van der Waals surface area contributed by atoms with Crippen LogP contribution in [0.2, 0.25) is 0 Å². The molecule has 2 unspecified atom stereocenters. The van der Waals surface area contributed by atoms with E-state index in [1.54, 1.807) is 12.0 Å². The number of nitrogens with zero attached hydrogens (tertiary/aromatic N) is 1. The van der Waals surface area contributed by atoms with Crippen molar-refractivity contribution >= 4 is 6.09 Å². The molecular weight excluding hydrogens is 244 g/mol. The van der Waals surface area contributed by atoms with Gasteiger partial charge in [0.05, 0.1) is 6.61 Å². The smallest absolute Gasteiger partial charge is 0.410 e. The van der Waals surface area contributed by atoms with Crippen LogP contribution in [0.4, 0.5) is 4.79 Å². The number of amides is 1. The molecule has 0 bridgehead atoms. The maximum atomic E-state index is 12.1. The van der Waals surface area contributed by atoms with Crippen molar-refractivity contribution in [1.29, 1.82) is 0 Å². The van der Waals surface area contributed by atoms with Crippen LogP contribution in [0.1, 0.15) is 33.6 Å². The zero-order valence-electron chi connectivity index (χ0n) is 12.6. The molecule has 1 fully saturated rings. The average molecular weight is 272 g/mol. The number of methoxy groups -OCH3 is 1. The van der Waals surface area contributed by atoms with E-state index in [1.807, 2.05) is 20.8 Å². The van der Waals surface area contributed by atoms with E-state index in [0.717, 1.165) is 25.9 Å². The van der Waals surface area contributed by atoms with Gasteiger partial charge in [-0.05, 0) is 52.0 Å². The van der Waals surface area contributed by atoms with Gasteiger partial charge in [-0.1, -0.05) is 0 Å². The molecule has 0 aromatic carbocycles. The molecule has 5 heteroatoms. The number of piperidine rings is 1. The third-order valence-electron chi connectivity index (χ3n) is 3.46. The molecule has 2 atom stereocenters. The van der Waals surface area contributed by atoms with Crippen molar-refractivity contribution < 1.29 is 14.3 Å². The Morgan fingerprint density at radius 1 is 1.47 bits per heavy atom. The third kappa shape index (κ3) is 5.37. The van der Waals surface area contributed by atoms with Crippen molar-refractivity contribution in [2.45, 2.75) is 39.2 Å². The van der Waals surface area contributed by atoms with Gasteiger partial charge < -0.3 is 20.1 Å². The normalized spacial score (nSPS) is 22.2. The molecule has 0 aliphatic carbocycles. The molecule has 0 aromatic rings. The second kappa shape index (κ2) is 7.10. The predicted molar refractivity (Wildman–Crippen MR) is 75.0 cm³/mol. The lowest BCUT2D eigenvalue weighted by atomic mass is 9.86. The van der Waals surface area contributed by atoms with E-state index in [0.29, 0.717) is 25.0 Å². The summed E-state index contributed by atoms with van der Waals surface area (Å²) in [5.74, 6) is 0.724. The van der Waals surface area contributed by atoms with Crippen molar-refractivity contribution in [3.05, 3.63) is 0 Å². The van der Waals surface area contributed by atoms with Crippen molar-refractivity contribution in [3.63, 3.8) is 0 Å². The van der Waals surface area contributed by atoms with Gasteiger partial charge in [-0.25, -0.2) is 4.79 Å². The number of nitrogens with two attached hydrogens (primary N) is 1. The van der Waals surface area contributed by atoms with Gasteiger partial charge in [0, 0.05) is 20.2 Å². The maximum Gasteiger partial charge on any atom is 0.410 e. The summed E-state index contributed by atoms with van der Waals surface area (Å²) in [4.78, 5) is 13.9. The first-order valence-corrected chi connectivity index (χ1v) is 7.04. The van der Waals surface area contributed by atoms with E-state index in [2.05, 4.69) is 0 Å². The van der Waals surface area contributed by atoms with E-state index in [1.165, 1.54) is 0 Å². The molecule has 112 valence electrons. The van der Waals surface area contributed by atoms with Gasteiger partial charge in [-0.2, -0.15) is 0 Å². The number of carbonyl (C=O) groups is 1. The molecule has 19 heavy (non-hydrogen) atoms. The van der Waals surface area contributed by atoms with Crippen LogP contribution in [-0.2, 0) is 9.47 Å². The van der Waals surface area contributed by atoms with E-state index < -0.39 is 5.60 Å². The molecule has 0 aromatic heterocycles. The van der Waals surface area contributed by atoms with Gasteiger partial charge in [-0.15, -0.1) is 0 Å². The Hall–Kier alpha value is -0.810. The Morgan fingerprint density at radius 3 is 2.68 bits per heavy atom. The van der Waals surface area contributed by atoms with E-state index in [9.17, 15) is 4.79 Å². The molecule has 1 rings (SSSR count). The summed E-state index contributed by atoms with van der Waals surface area (Å²) in [7, 11) is 1.69. The van der Waals surface area contributed by atoms with E-state index in [4.69, 9.17) is 15.2 Å². The molecule has 0 radical (unpaired) electrons. The zero-order valence-corrected chi connectivity index (χ0v) is 12.6. The number of carbonyl (C=O) groups excluding carboxylic acids is 1. The number of rotatable bonds is 4. The van der Waals surface area contributed by atoms with Crippen LogP contribution < -0.4 is 5.73 Å². The second-order valence-corrected chi connectivity index (χ2v) is 6.28. The summed E-state index contributed by atoms with van der Waals surface area (Å²) in [6.45, 7) is 8.42. The molecule has 1 aliphatic heterocycles. The fourth-order valence-electron chi connectivity index (χ4n) is 2.50. The van der Waals surface area contributed by atoms with Crippen LogP contribution in [0.25, 0.3) is 0 Å². The first kappa shape index (κ1) is 16.2. The quantitative estimate of drug-likeness (QED) is 0.848. The number of likely N-dealkylation sites (tertiary alicyclic amines) is 1. The number of hydrogen-bond donors (Lipinski definition) is 1. The molecule has 5 nitrogen and oxygen atoms in total. The summed E-state index contributed by atoms with van der Waals surface area (Å²) in [5.41, 5.74) is 5.36. The van der Waals surface area contributed by atoms with Crippen molar-refractivity contribution in [2.24, 2.45) is 17.6 Å². The summed E-state index contributed by atoms with van der Waals surface area (Å²) in [6, 6.07) is 0. The van der Waals surface area contributed by atoms with Gasteiger partial charge >= 0.3 is 6.09 Å². The van der Waals surface area contributed by atoms with Gasteiger partial charge in [0.1, 0.15) is 5.60 Å².